The standard InChI is InChI=1S/C15H22O2/c1-10-5-7-14(2,3)11-6-8-15(4,17)12(11)9-13(10)16/h5,9,11,17H,6-8H2,1-4H3/b10-5-,12-9?/t11-,15+/m1/s1. The van der Waals surface area contributed by atoms with Crippen LogP contribution in [0.15, 0.2) is 23.3 Å². The SMILES string of the molecule is C/C1=C/CC(C)(C)[C@@H]2CC[C@](C)(O)C2=CC1=O. The Morgan fingerprint density at radius 2 is 2.00 bits per heavy atom. The van der Waals surface area contributed by atoms with Gasteiger partial charge in [0, 0.05) is 0 Å². The molecular weight excluding hydrogens is 212 g/mol. The van der Waals surface area contributed by atoms with Crippen LogP contribution in [0.2, 0.25) is 0 Å². The third-order valence-corrected chi connectivity index (χ3v) is 4.47. The Bertz CT molecular complexity index is 411. The number of fused-ring (bicyclic) bond motifs is 1. The van der Waals surface area contributed by atoms with Crippen molar-refractivity contribution >= 4 is 5.78 Å². The summed E-state index contributed by atoms with van der Waals surface area (Å²) in [5, 5.41) is 10.4. The van der Waals surface area contributed by atoms with Crippen LogP contribution in [0.5, 0.6) is 0 Å². The first kappa shape index (κ1) is 12.6. The molecule has 2 nitrogen and oxygen atoms in total. The van der Waals surface area contributed by atoms with E-state index >= 15 is 0 Å². The Balaban J connectivity index is 2.50. The highest BCUT2D eigenvalue weighted by atomic mass is 16.3. The normalized spacial score (nSPS) is 39.8. The van der Waals surface area contributed by atoms with Crippen molar-refractivity contribution in [2.45, 2.75) is 52.6 Å². The molecule has 0 unspecified atom stereocenters. The van der Waals surface area contributed by atoms with Crippen molar-refractivity contribution in [1.82, 2.24) is 0 Å². The second kappa shape index (κ2) is 3.81. The van der Waals surface area contributed by atoms with Crippen molar-refractivity contribution in [2.24, 2.45) is 11.3 Å². The largest absolute Gasteiger partial charge is 0.386 e. The van der Waals surface area contributed by atoms with E-state index in [2.05, 4.69) is 13.8 Å². The average molecular weight is 234 g/mol. The van der Waals surface area contributed by atoms with Crippen LogP contribution in [0, 0.1) is 11.3 Å². The molecule has 0 amide bonds. The van der Waals surface area contributed by atoms with Crippen LogP contribution < -0.4 is 0 Å². The van der Waals surface area contributed by atoms with Crippen LogP contribution in [-0.2, 0) is 4.79 Å². The van der Waals surface area contributed by atoms with Crippen LogP contribution in [0.3, 0.4) is 0 Å². The second-order valence-corrected chi connectivity index (χ2v) is 6.41. The lowest BCUT2D eigenvalue weighted by molar-refractivity contribution is -0.111. The molecule has 2 atom stereocenters. The molecule has 1 saturated carbocycles. The van der Waals surface area contributed by atoms with Gasteiger partial charge in [0.1, 0.15) is 0 Å². The molecule has 0 aromatic carbocycles. The molecule has 2 aliphatic carbocycles. The molecule has 0 radical (unpaired) electrons. The molecule has 2 heteroatoms. The van der Waals surface area contributed by atoms with Gasteiger partial charge in [0.2, 0.25) is 0 Å². The van der Waals surface area contributed by atoms with Crippen LogP contribution in [0.4, 0.5) is 0 Å². The van der Waals surface area contributed by atoms with Crippen LogP contribution >= 0.6 is 0 Å². The summed E-state index contributed by atoms with van der Waals surface area (Å²) >= 11 is 0. The number of aliphatic hydroxyl groups is 1. The fourth-order valence-electron chi connectivity index (χ4n) is 3.08. The Morgan fingerprint density at radius 3 is 2.65 bits per heavy atom. The summed E-state index contributed by atoms with van der Waals surface area (Å²) in [5.74, 6) is 0.383. The minimum atomic E-state index is -0.796. The summed E-state index contributed by atoms with van der Waals surface area (Å²) in [6, 6.07) is 0. The Kier molecular flexibility index (Phi) is 2.81. The summed E-state index contributed by atoms with van der Waals surface area (Å²) in [5.41, 5.74) is 1.07. The van der Waals surface area contributed by atoms with Crippen LogP contribution in [0.25, 0.3) is 0 Å². The highest BCUT2D eigenvalue weighted by Crippen LogP contribution is 2.50. The third-order valence-electron chi connectivity index (χ3n) is 4.47. The van der Waals surface area contributed by atoms with Gasteiger partial charge < -0.3 is 5.11 Å². The van der Waals surface area contributed by atoms with E-state index in [0.29, 0.717) is 5.92 Å². The predicted molar refractivity (Wildman–Crippen MR) is 68.6 cm³/mol. The molecular formula is C15H22O2. The molecule has 2 rings (SSSR count). The lowest BCUT2D eigenvalue weighted by atomic mass is 9.70. The third kappa shape index (κ3) is 2.11. The van der Waals surface area contributed by atoms with Crippen molar-refractivity contribution < 1.29 is 9.90 Å². The van der Waals surface area contributed by atoms with Gasteiger partial charge in [0.15, 0.2) is 5.78 Å². The molecule has 1 fully saturated rings. The highest BCUT2D eigenvalue weighted by molar-refractivity contribution is 6.04. The van der Waals surface area contributed by atoms with E-state index in [1.54, 1.807) is 6.08 Å². The van der Waals surface area contributed by atoms with Gasteiger partial charge in [-0.1, -0.05) is 19.9 Å². The van der Waals surface area contributed by atoms with Gasteiger partial charge in [-0.2, -0.15) is 0 Å². The minimum absolute atomic E-state index is 0.0580. The molecule has 0 aliphatic heterocycles. The zero-order valence-corrected chi connectivity index (χ0v) is 11.2. The van der Waals surface area contributed by atoms with E-state index in [1.165, 1.54) is 0 Å². The Labute approximate surface area is 103 Å². The first-order chi connectivity index (χ1) is 7.74. The maximum atomic E-state index is 12.0. The van der Waals surface area contributed by atoms with Crippen LogP contribution in [0.1, 0.15) is 47.0 Å². The van der Waals surface area contributed by atoms with Gasteiger partial charge in [-0.3, -0.25) is 4.79 Å². The van der Waals surface area contributed by atoms with Crippen LogP contribution in [-0.4, -0.2) is 16.5 Å². The highest BCUT2D eigenvalue weighted by Gasteiger charge is 2.45. The lowest BCUT2D eigenvalue weighted by Gasteiger charge is -2.35. The lowest BCUT2D eigenvalue weighted by Crippen LogP contribution is -2.31. The van der Waals surface area contributed by atoms with Crippen molar-refractivity contribution in [1.29, 1.82) is 0 Å². The van der Waals surface area contributed by atoms with Gasteiger partial charge in [0.25, 0.3) is 0 Å². The first-order valence-corrected chi connectivity index (χ1v) is 6.39. The Hall–Kier alpha value is -0.890. The number of allylic oxidation sites excluding steroid dienone is 3. The number of hydrogen-bond donors (Lipinski definition) is 1. The van der Waals surface area contributed by atoms with E-state index < -0.39 is 5.60 Å². The van der Waals surface area contributed by atoms with E-state index in [9.17, 15) is 9.90 Å². The predicted octanol–water partition coefficient (Wildman–Crippen LogP) is 3.02. The van der Waals surface area contributed by atoms with Crippen molar-refractivity contribution in [3.8, 4) is 0 Å². The van der Waals surface area contributed by atoms with E-state index in [4.69, 9.17) is 0 Å². The molecule has 0 aromatic rings. The van der Waals surface area contributed by atoms with Gasteiger partial charge in [-0.05, 0) is 61.7 Å². The Morgan fingerprint density at radius 1 is 1.35 bits per heavy atom. The summed E-state index contributed by atoms with van der Waals surface area (Å²) in [6.45, 7) is 8.15. The smallest absolute Gasteiger partial charge is 0.181 e. The summed E-state index contributed by atoms with van der Waals surface area (Å²) in [7, 11) is 0. The second-order valence-electron chi connectivity index (χ2n) is 6.41. The number of carbonyl (C=O) groups excluding carboxylic acids is 1. The average Bonchev–Trinajstić information content (AvgIpc) is 2.51. The minimum Gasteiger partial charge on any atom is -0.386 e. The number of rotatable bonds is 0. The topological polar surface area (TPSA) is 37.3 Å². The molecule has 0 aromatic heterocycles. The van der Waals surface area contributed by atoms with E-state index in [-0.39, 0.29) is 11.2 Å². The fraction of sp³-hybridized carbons (Fsp3) is 0.667. The molecule has 17 heavy (non-hydrogen) atoms. The van der Waals surface area contributed by atoms with E-state index in [0.717, 1.165) is 30.4 Å². The molecule has 0 spiro atoms. The van der Waals surface area contributed by atoms with E-state index in [1.807, 2.05) is 19.9 Å². The molecule has 0 heterocycles. The summed E-state index contributed by atoms with van der Waals surface area (Å²) < 4.78 is 0. The molecule has 1 N–H and O–H groups in total. The maximum Gasteiger partial charge on any atom is 0.181 e. The zero-order chi connectivity index (χ0) is 12.8. The molecule has 94 valence electrons. The quantitative estimate of drug-likeness (QED) is 0.699. The number of hydrogen-bond acceptors (Lipinski definition) is 2. The zero-order valence-electron chi connectivity index (χ0n) is 11.2. The molecule has 2 aliphatic rings. The molecule has 0 saturated heterocycles. The van der Waals surface area contributed by atoms with Crippen molar-refractivity contribution in [3.05, 3.63) is 23.3 Å². The molecule has 0 bridgehead atoms. The summed E-state index contributed by atoms with van der Waals surface area (Å²) in [6.07, 6.45) is 6.38. The monoisotopic (exact) mass is 234 g/mol. The van der Waals surface area contributed by atoms with Crippen molar-refractivity contribution in [2.75, 3.05) is 0 Å². The van der Waals surface area contributed by atoms with Gasteiger partial charge in [-0.25, -0.2) is 0 Å². The van der Waals surface area contributed by atoms with Crippen molar-refractivity contribution in [3.63, 3.8) is 0 Å². The summed E-state index contributed by atoms with van der Waals surface area (Å²) in [4.78, 5) is 12.0. The first-order valence-electron chi connectivity index (χ1n) is 6.39. The van der Waals surface area contributed by atoms with Gasteiger partial charge in [0.05, 0.1) is 5.60 Å². The number of carbonyl (C=O) groups is 1. The van der Waals surface area contributed by atoms with Gasteiger partial charge >= 0.3 is 0 Å². The fourth-order valence-corrected chi connectivity index (χ4v) is 3.08. The van der Waals surface area contributed by atoms with Gasteiger partial charge in [-0.15, -0.1) is 0 Å². The maximum absolute atomic E-state index is 12.0. The number of ketones is 1.